The zero-order valence-corrected chi connectivity index (χ0v) is 9.66. The maximum absolute atomic E-state index is 10.8. The number of hydrogen-bond donors (Lipinski definition) is 3. The van der Waals surface area contributed by atoms with Crippen molar-refractivity contribution in [2.75, 3.05) is 6.54 Å². The maximum atomic E-state index is 10.8. The van der Waals surface area contributed by atoms with Gasteiger partial charge in [0, 0.05) is 18.6 Å². The number of phenols is 2. The topological polar surface area (TPSA) is 107 Å². The molecule has 0 unspecified atom stereocenters. The first-order valence-corrected chi connectivity index (χ1v) is 5.04. The highest BCUT2D eigenvalue weighted by Gasteiger charge is 2.15. The molecule has 3 N–H and O–H groups in total. The molecule has 1 rings (SSSR count). The smallest absolute Gasteiger partial charge is 0.322 e. The number of carbonyl (C=O) groups is 2. The molecule has 0 heterocycles. The third-order valence-corrected chi connectivity index (χ3v) is 1.98. The summed E-state index contributed by atoms with van der Waals surface area (Å²) >= 11 is 0. The molecule has 1 aromatic rings. The fourth-order valence-electron chi connectivity index (χ4n) is 1.33. The quantitative estimate of drug-likeness (QED) is 0.656. The lowest BCUT2D eigenvalue weighted by molar-refractivity contribution is -0.194. The number of aromatic hydroxyl groups is 2. The van der Waals surface area contributed by atoms with Crippen molar-refractivity contribution in [2.24, 2.45) is 0 Å². The van der Waals surface area contributed by atoms with Crippen molar-refractivity contribution in [3.8, 4) is 11.5 Å². The number of carbonyl (C=O) groups excluding carboxylic acids is 1. The van der Waals surface area contributed by atoms with Gasteiger partial charge in [-0.2, -0.15) is 0 Å². The van der Waals surface area contributed by atoms with E-state index in [1.807, 2.05) is 0 Å². The van der Waals surface area contributed by atoms with Crippen LogP contribution in [-0.2, 0) is 21.0 Å². The van der Waals surface area contributed by atoms with Gasteiger partial charge in [0.1, 0.15) is 18.0 Å². The lowest BCUT2D eigenvalue weighted by Gasteiger charge is -2.18. The highest BCUT2D eigenvalue weighted by molar-refractivity contribution is 5.70. The molecule has 0 aliphatic heterocycles. The van der Waals surface area contributed by atoms with Gasteiger partial charge < -0.3 is 20.2 Å². The molecule has 0 bridgehead atoms. The Morgan fingerprint density at radius 2 is 2.00 bits per heavy atom. The van der Waals surface area contributed by atoms with E-state index in [0.717, 1.165) is 18.1 Å². The SMILES string of the molecule is CC(=O)ON(CC(=O)O)Cc1ccc(O)cc1O. The summed E-state index contributed by atoms with van der Waals surface area (Å²) < 4.78 is 0. The highest BCUT2D eigenvalue weighted by atomic mass is 16.7. The van der Waals surface area contributed by atoms with Crippen molar-refractivity contribution in [2.45, 2.75) is 13.5 Å². The number of carboxylic acid groups (broad SMARTS) is 1. The first-order chi connectivity index (χ1) is 8.38. The highest BCUT2D eigenvalue weighted by Crippen LogP contribution is 2.23. The normalized spacial score (nSPS) is 10.3. The Hall–Kier alpha value is -2.28. The summed E-state index contributed by atoms with van der Waals surface area (Å²) in [5.41, 5.74) is 0.329. The molecule has 0 fully saturated rings. The number of benzene rings is 1. The van der Waals surface area contributed by atoms with Gasteiger partial charge in [-0.3, -0.25) is 9.59 Å². The Labute approximate surface area is 103 Å². The average Bonchev–Trinajstić information content (AvgIpc) is 2.20. The first-order valence-electron chi connectivity index (χ1n) is 5.04. The molecule has 7 heteroatoms. The van der Waals surface area contributed by atoms with Gasteiger partial charge in [-0.05, 0) is 6.07 Å². The van der Waals surface area contributed by atoms with E-state index in [2.05, 4.69) is 0 Å². The summed E-state index contributed by atoms with van der Waals surface area (Å²) in [6.07, 6.45) is 0. The Bertz CT molecular complexity index is 443. The molecular formula is C11H13NO6. The Morgan fingerprint density at radius 3 is 2.50 bits per heavy atom. The average molecular weight is 255 g/mol. The van der Waals surface area contributed by atoms with Crippen LogP contribution in [0.15, 0.2) is 18.2 Å². The molecule has 0 saturated heterocycles. The van der Waals surface area contributed by atoms with Gasteiger partial charge in [0.15, 0.2) is 0 Å². The Kier molecular flexibility index (Phi) is 4.50. The minimum Gasteiger partial charge on any atom is -0.508 e. The molecule has 0 saturated carbocycles. The van der Waals surface area contributed by atoms with Gasteiger partial charge in [0.2, 0.25) is 0 Å². The number of carboxylic acids is 1. The summed E-state index contributed by atoms with van der Waals surface area (Å²) in [5.74, 6) is -2.16. The second kappa shape index (κ2) is 5.87. The summed E-state index contributed by atoms with van der Waals surface area (Å²) in [6.45, 7) is 0.531. The Morgan fingerprint density at radius 1 is 1.33 bits per heavy atom. The summed E-state index contributed by atoms with van der Waals surface area (Å²) in [6, 6.07) is 3.85. The number of hydrogen-bond acceptors (Lipinski definition) is 6. The van der Waals surface area contributed by atoms with Crippen molar-refractivity contribution in [1.29, 1.82) is 0 Å². The first kappa shape index (κ1) is 13.8. The van der Waals surface area contributed by atoms with Crippen molar-refractivity contribution in [3.05, 3.63) is 23.8 Å². The van der Waals surface area contributed by atoms with E-state index in [9.17, 15) is 14.7 Å². The van der Waals surface area contributed by atoms with E-state index in [0.29, 0.717) is 5.56 Å². The molecule has 0 aliphatic rings. The van der Waals surface area contributed by atoms with Crippen molar-refractivity contribution < 1.29 is 29.7 Å². The van der Waals surface area contributed by atoms with E-state index in [4.69, 9.17) is 15.1 Å². The second-order valence-corrected chi connectivity index (χ2v) is 3.59. The van der Waals surface area contributed by atoms with Gasteiger partial charge in [-0.15, -0.1) is 5.06 Å². The molecule has 0 radical (unpaired) electrons. The van der Waals surface area contributed by atoms with Gasteiger partial charge in [0.05, 0.1) is 6.54 Å². The molecule has 0 aromatic heterocycles. The van der Waals surface area contributed by atoms with E-state index in [1.54, 1.807) is 0 Å². The summed E-state index contributed by atoms with van der Waals surface area (Å²) in [4.78, 5) is 26.1. The monoisotopic (exact) mass is 255 g/mol. The number of phenolic OH excluding ortho intramolecular Hbond substituents is 2. The largest absolute Gasteiger partial charge is 0.508 e. The number of nitrogens with zero attached hydrogens (tertiary/aromatic N) is 1. The van der Waals surface area contributed by atoms with E-state index in [1.165, 1.54) is 12.1 Å². The van der Waals surface area contributed by atoms with Crippen LogP contribution in [0, 0.1) is 0 Å². The molecular weight excluding hydrogens is 242 g/mol. The minimum atomic E-state index is -1.17. The molecule has 7 nitrogen and oxygen atoms in total. The lowest BCUT2D eigenvalue weighted by Crippen LogP contribution is -2.31. The lowest BCUT2D eigenvalue weighted by atomic mass is 10.2. The van der Waals surface area contributed by atoms with Gasteiger partial charge >= 0.3 is 11.9 Å². The standard InChI is InChI=1S/C11H13NO6/c1-7(13)18-12(6-11(16)17)5-8-2-3-9(14)4-10(8)15/h2-4,14-15H,5-6H2,1H3,(H,16,17). The molecule has 18 heavy (non-hydrogen) atoms. The third-order valence-electron chi connectivity index (χ3n) is 1.98. The van der Waals surface area contributed by atoms with Crippen LogP contribution >= 0.6 is 0 Å². The zero-order chi connectivity index (χ0) is 13.7. The van der Waals surface area contributed by atoms with Gasteiger partial charge in [-0.25, -0.2) is 0 Å². The second-order valence-electron chi connectivity index (χ2n) is 3.59. The van der Waals surface area contributed by atoms with Crippen LogP contribution in [0.25, 0.3) is 0 Å². The van der Waals surface area contributed by atoms with Crippen molar-refractivity contribution in [1.82, 2.24) is 5.06 Å². The number of rotatable bonds is 5. The van der Waals surface area contributed by atoms with Crippen molar-refractivity contribution in [3.63, 3.8) is 0 Å². The molecule has 0 aliphatic carbocycles. The van der Waals surface area contributed by atoms with Crippen LogP contribution in [0.4, 0.5) is 0 Å². The van der Waals surface area contributed by atoms with Crippen LogP contribution in [-0.4, -0.2) is 38.9 Å². The fraction of sp³-hybridized carbons (Fsp3) is 0.273. The maximum Gasteiger partial charge on any atom is 0.322 e. The van der Waals surface area contributed by atoms with Crippen LogP contribution in [0.1, 0.15) is 12.5 Å². The van der Waals surface area contributed by atoms with Crippen LogP contribution in [0.5, 0.6) is 11.5 Å². The predicted molar refractivity (Wildman–Crippen MR) is 59.6 cm³/mol. The minimum absolute atomic E-state index is 0.0992. The summed E-state index contributed by atoms with van der Waals surface area (Å²) in [7, 11) is 0. The Balaban J connectivity index is 2.81. The molecule has 1 aromatic carbocycles. The molecule has 98 valence electrons. The molecule has 0 atom stereocenters. The number of aliphatic carboxylic acids is 1. The van der Waals surface area contributed by atoms with E-state index < -0.39 is 18.5 Å². The number of hydroxylamine groups is 2. The third kappa shape index (κ3) is 4.30. The van der Waals surface area contributed by atoms with E-state index >= 15 is 0 Å². The fourth-order valence-corrected chi connectivity index (χ4v) is 1.33. The van der Waals surface area contributed by atoms with Gasteiger partial charge in [0.25, 0.3) is 0 Å². The van der Waals surface area contributed by atoms with Gasteiger partial charge in [-0.1, -0.05) is 6.07 Å². The predicted octanol–water partition coefficient (Wildman–Crippen LogP) is 0.462. The molecule has 0 spiro atoms. The summed E-state index contributed by atoms with van der Waals surface area (Å²) in [5, 5.41) is 28.2. The van der Waals surface area contributed by atoms with E-state index in [-0.39, 0.29) is 18.0 Å². The van der Waals surface area contributed by atoms with Crippen LogP contribution in [0.2, 0.25) is 0 Å². The van der Waals surface area contributed by atoms with Crippen LogP contribution in [0.3, 0.4) is 0 Å². The molecule has 0 amide bonds. The van der Waals surface area contributed by atoms with Crippen molar-refractivity contribution >= 4 is 11.9 Å². The van der Waals surface area contributed by atoms with Crippen LogP contribution < -0.4 is 0 Å². The zero-order valence-electron chi connectivity index (χ0n) is 9.66.